The second kappa shape index (κ2) is 15.9. The van der Waals surface area contributed by atoms with Crippen LogP contribution in [0.15, 0.2) is 24.3 Å². The van der Waals surface area contributed by atoms with Crippen LogP contribution in [-0.2, 0) is 16.0 Å². The molecule has 2 aliphatic carbocycles. The first kappa shape index (κ1) is 31.0. The predicted octanol–water partition coefficient (Wildman–Crippen LogP) is 0.389. The van der Waals surface area contributed by atoms with Gasteiger partial charge in [0.25, 0.3) is 5.69 Å². The van der Waals surface area contributed by atoms with E-state index in [2.05, 4.69) is 18.7 Å². The summed E-state index contributed by atoms with van der Waals surface area (Å²) in [6.07, 6.45) is 11.6. The number of hydrogen-bond acceptors (Lipinski definition) is 4. The largest absolute Gasteiger partial charge is 1.00 e. The van der Waals surface area contributed by atoms with Crippen molar-refractivity contribution in [3.63, 3.8) is 0 Å². The monoisotopic (exact) mass is 536 g/mol. The van der Waals surface area contributed by atoms with Crippen LogP contribution in [0.3, 0.4) is 0 Å². The van der Waals surface area contributed by atoms with Crippen molar-refractivity contribution in [3.05, 3.63) is 39.9 Å². The minimum atomic E-state index is -0.436. The zero-order valence-electron chi connectivity index (χ0n) is 22.6. The van der Waals surface area contributed by atoms with Gasteiger partial charge in [-0.1, -0.05) is 50.7 Å². The molecule has 0 aliphatic heterocycles. The first-order valence-corrected chi connectivity index (χ1v) is 14.1. The van der Waals surface area contributed by atoms with Crippen molar-refractivity contribution in [2.24, 2.45) is 0 Å². The van der Waals surface area contributed by atoms with Crippen LogP contribution in [0.2, 0.25) is 0 Å². The van der Waals surface area contributed by atoms with Crippen molar-refractivity contribution in [1.29, 1.82) is 0 Å². The molecule has 3 rings (SSSR count). The first-order chi connectivity index (χ1) is 17.4. The third-order valence-electron chi connectivity index (χ3n) is 8.14. The summed E-state index contributed by atoms with van der Waals surface area (Å²) in [5, 5.41) is 11.0. The Morgan fingerprint density at radius 2 is 1.41 bits per heavy atom. The van der Waals surface area contributed by atoms with E-state index >= 15 is 0 Å². The Morgan fingerprint density at radius 1 is 0.892 bits per heavy atom. The molecule has 0 saturated heterocycles. The van der Waals surface area contributed by atoms with Gasteiger partial charge in [0, 0.05) is 24.2 Å². The number of benzene rings is 1. The molecule has 208 valence electrons. The molecule has 0 spiro atoms. The Morgan fingerprint density at radius 3 is 1.86 bits per heavy atom. The van der Waals surface area contributed by atoms with Gasteiger partial charge < -0.3 is 27.1 Å². The molecule has 1 aromatic carbocycles. The van der Waals surface area contributed by atoms with E-state index in [0.29, 0.717) is 18.6 Å². The van der Waals surface area contributed by atoms with E-state index < -0.39 is 4.92 Å². The number of rotatable bonds is 12. The van der Waals surface area contributed by atoms with Crippen LogP contribution in [-0.4, -0.2) is 71.3 Å². The third kappa shape index (κ3) is 9.25. The lowest BCUT2D eigenvalue weighted by atomic mass is 9.88. The molecule has 2 saturated carbocycles. The van der Waals surface area contributed by atoms with Crippen molar-refractivity contribution in [2.75, 3.05) is 32.7 Å². The summed E-state index contributed by atoms with van der Waals surface area (Å²) < 4.78 is 0. The molecule has 0 atom stereocenters. The van der Waals surface area contributed by atoms with E-state index in [1.807, 2.05) is 0 Å². The number of nitrogens with one attached hydrogen (secondary N) is 1. The minimum absolute atomic E-state index is 0. The van der Waals surface area contributed by atoms with Crippen molar-refractivity contribution in [3.8, 4) is 0 Å². The zero-order valence-corrected chi connectivity index (χ0v) is 23.4. The van der Waals surface area contributed by atoms with Gasteiger partial charge in [-0.15, -0.1) is 0 Å². The van der Waals surface area contributed by atoms with Crippen molar-refractivity contribution in [2.45, 2.75) is 96.6 Å². The first-order valence-electron chi connectivity index (χ1n) is 14.1. The van der Waals surface area contributed by atoms with Gasteiger partial charge in [0.1, 0.15) is 0 Å². The molecule has 0 bridgehead atoms. The maximum atomic E-state index is 13.9. The van der Waals surface area contributed by atoms with Gasteiger partial charge in [0.2, 0.25) is 11.8 Å². The molecule has 8 nitrogen and oxygen atoms in total. The van der Waals surface area contributed by atoms with E-state index in [9.17, 15) is 19.7 Å². The van der Waals surface area contributed by atoms with E-state index in [1.54, 1.807) is 17.0 Å². The number of amides is 2. The van der Waals surface area contributed by atoms with Crippen molar-refractivity contribution >= 4 is 17.5 Å². The molecule has 37 heavy (non-hydrogen) atoms. The van der Waals surface area contributed by atoms with Crippen LogP contribution >= 0.6 is 0 Å². The number of carbonyl (C=O) groups excluding carboxylic acids is 2. The van der Waals surface area contributed by atoms with Crippen LogP contribution in [0.25, 0.3) is 0 Å². The Bertz CT molecular complexity index is 832. The topological polar surface area (TPSA) is 88.2 Å². The molecule has 9 heteroatoms. The predicted molar refractivity (Wildman–Crippen MR) is 141 cm³/mol. The summed E-state index contributed by atoms with van der Waals surface area (Å²) in [5.74, 6) is 0.0105. The van der Waals surface area contributed by atoms with Gasteiger partial charge in [0.05, 0.1) is 44.1 Å². The van der Waals surface area contributed by atoms with E-state index in [4.69, 9.17) is 0 Å². The molecule has 0 heterocycles. The molecular weight excluding hydrogens is 492 g/mol. The highest BCUT2D eigenvalue weighted by Gasteiger charge is 2.34. The fourth-order valence-electron chi connectivity index (χ4n) is 5.88. The molecule has 1 aromatic rings. The van der Waals surface area contributed by atoms with Gasteiger partial charge in [-0.2, -0.15) is 0 Å². The number of nitro benzene ring substituents is 1. The summed E-state index contributed by atoms with van der Waals surface area (Å²) in [6.45, 7) is 7.70. The molecular formula is C28H45ClN4O4. The van der Waals surface area contributed by atoms with Gasteiger partial charge >= 0.3 is 0 Å². The summed E-state index contributed by atoms with van der Waals surface area (Å²) in [6, 6.07) is 6.76. The van der Waals surface area contributed by atoms with E-state index in [-0.39, 0.29) is 42.9 Å². The molecule has 0 radical (unpaired) electrons. The molecule has 1 N–H and O–H groups in total. The lowest BCUT2D eigenvalue weighted by molar-refractivity contribution is -0.895. The summed E-state index contributed by atoms with van der Waals surface area (Å²) in [4.78, 5) is 43.2. The fourth-order valence-corrected chi connectivity index (χ4v) is 5.88. The number of likely N-dealkylation sites (N-methyl/N-ethyl adjacent to an activating group) is 1. The highest BCUT2D eigenvalue weighted by molar-refractivity contribution is 5.86. The van der Waals surface area contributed by atoms with E-state index in [1.165, 1.54) is 55.6 Å². The highest BCUT2D eigenvalue weighted by Crippen LogP contribution is 2.30. The second-order valence-corrected chi connectivity index (χ2v) is 10.5. The van der Waals surface area contributed by atoms with Gasteiger partial charge in [-0.3, -0.25) is 19.7 Å². The van der Waals surface area contributed by atoms with Gasteiger partial charge in [-0.25, -0.2) is 0 Å². The third-order valence-corrected chi connectivity index (χ3v) is 8.14. The Balaban J connectivity index is 0.00000481. The highest BCUT2D eigenvalue weighted by atomic mass is 35.5. The summed E-state index contributed by atoms with van der Waals surface area (Å²) in [5.41, 5.74) is 0.744. The normalized spacial score (nSPS) is 16.7. The fraction of sp³-hybridized carbons (Fsp3) is 0.714. The number of hydrogen-bond donors (Lipinski definition) is 1. The maximum absolute atomic E-state index is 13.9. The van der Waals surface area contributed by atoms with E-state index in [0.717, 1.165) is 50.9 Å². The number of halogens is 1. The Kier molecular flexibility index (Phi) is 13.4. The maximum Gasteiger partial charge on any atom is 0.269 e. The lowest BCUT2D eigenvalue weighted by Crippen LogP contribution is -3.12. The van der Waals surface area contributed by atoms with Crippen LogP contribution in [0.1, 0.15) is 83.6 Å². The van der Waals surface area contributed by atoms with Gasteiger partial charge in [-0.05, 0) is 45.1 Å². The SMILES string of the molecule is CC[NH+](CC)CCN(CC(=O)N(C1CCCCC1)C1CCCCC1)C(=O)Cc1ccc([N+](=O)[O-])cc1.[Cl-]. The van der Waals surface area contributed by atoms with Crippen LogP contribution in [0.4, 0.5) is 5.69 Å². The smallest absolute Gasteiger partial charge is 0.269 e. The van der Waals surface area contributed by atoms with Crippen LogP contribution in [0, 0.1) is 10.1 Å². The molecule has 2 fully saturated rings. The minimum Gasteiger partial charge on any atom is -1.00 e. The quantitative estimate of drug-likeness (QED) is 0.309. The van der Waals surface area contributed by atoms with Crippen LogP contribution < -0.4 is 17.3 Å². The second-order valence-electron chi connectivity index (χ2n) is 10.5. The Labute approximate surface area is 228 Å². The van der Waals surface area contributed by atoms with Crippen LogP contribution in [0.5, 0.6) is 0 Å². The number of nitrogens with zero attached hydrogens (tertiary/aromatic N) is 3. The summed E-state index contributed by atoms with van der Waals surface area (Å²) >= 11 is 0. The molecule has 0 unspecified atom stereocenters. The zero-order chi connectivity index (χ0) is 25.9. The molecule has 2 amide bonds. The lowest BCUT2D eigenvalue weighted by Gasteiger charge is -2.42. The average Bonchev–Trinajstić information content (AvgIpc) is 2.90. The average molecular weight is 537 g/mol. The van der Waals surface area contributed by atoms with Crippen molar-refractivity contribution in [1.82, 2.24) is 9.80 Å². The Hall–Kier alpha value is -2.19. The molecule has 0 aromatic heterocycles. The number of non-ortho nitro benzene ring substituents is 1. The number of carbonyl (C=O) groups is 2. The van der Waals surface area contributed by atoms with Crippen molar-refractivity contribution < 1.29 is 31.8 Å². The molecule has 2 aliphatic rings. The number of quaternary nitrogens is 1. The van der Waals surface area contributed by atoms with Gasteiger partial charge in [0.15, 0.2) is 0 Å². The number of nitro groups is 1. The standard InChI is InChI=1S/C28H44N4O4.ClH/c1-3-29(4-2)19-20-30(27(33)21-23-15-17-26(18-16-23)32(35)36)22-28(34)31(24-11-7-5-8-12-24)25-13-9-6-10-14-25;/h15-18,24-25H,3-14,19-22H2,1-2H3;1H. The summed E-state index contributed by atoms with van der Waals surface area (Å²) in [7, 11) is 0.